The fourth-order valence-corrected chi connectivity index (χ4v) is 5.04. The second-order valence-corrected chi connectivity index (χ2v) is 8.26. The van der Waals surface area contributed by atoms with Gasteiger partial charge >= 0.3 is 0 Å². The number of hydrogen-bond acceptors (Lipinski definition) is 5. The Morgan fingerprint density at radius 3 is 2.70 bits per heavy atom. The summed E-state index contributed by atoms with van der Waals surface area (Å²) in [6.45, 7) is 4.32. The highest BCUT2D eigenvalue weighted by molar-refractivity contribution is 7.16. The van der Waals surface area contributed by atoms with Crippen molar-refractivity contribution >= 4 is 33.0 Å². The van der Waals surface area contributed by atoms with E-state index in [2.05, 4.69) is 50.7 Å². The van der Waals surface area contributed by atoms with Crippen molar-refractivity contribution in [1.82, 2.24) is 10.4 Å². The number of aromatic nitrogens is 1. The molecule has 3 aromatic rings. The Morgan fingerprint density at radius 2 is 1.93 bits per heavy atom. The lowest BCUT2D eigenvalue weighted by atomic mass is 9.96. The van der Waals surface area contributed by atoms with E-state index >= 15 is 0 Å². The predicted octanol–water partition coefficient (Wildman–Crippen LogP) is 3.94. The van der Waals surface area contributed by atoms with Crippen LogP contribution in [0, 0.1) is 6.92 Å². The van der Waals surface area contributed by atoms with Gasteiger partial charge in [-0.05, 0) is 54.5 Å². The number of pyridine rings is 1. The minimum Gasteiger partial charge on any atom is -0.372 e. The van der Waals surface area contributed by atoms with Gasteiger partial charge in [-0.15, -0.1) is 11.3 Å². The molecule has 1 fully saturated rings. The molecule has 0 aliphatic carbocycles. The standard InChI is InChI=1S/C21H22N4OS/c1-13-16-8-11-27-21(16)22-20(26)19(13)18-12-17(23-24-18)14-4-6-15(7-5-14)25-9-2-3-10-25/h4-8,11,17,23H,2-3,9-10,12H2,1H3,(H,22,26). The summed E-state index contributed by atoms with van der Waals surface area (Å²) in [5, 5.41) is 7.63. The first-order chi connectivity index (χ1) is 13.2. The number of nitrogens with one attached hydrogen (secondary N) is 2. The van der Waals surface area contributed by atoms with Gasteiger partial charge in [0.1, 0.15) is 4.83 Å². The number of hydrogen-bond donors (Lipinski definition) is 2. The van der Waals surface area contributed by atoms with Crippen molar-refractivity contribution < 1.29 is 0 Å². The van der Waals surface area contributed by atoms with Crippen LogP contribution in [0.3, 0.4) is 0 Å². The van der Waals surface area contributed by atoms with E-state index in [0.717, 1.165) is 41.0 Å². The summed E-state index contributed by atoms with van der Waals surface area (Å²) in [7, 11) is 0. The molecule has 27 heavy (non-hydrogen) atoms. The lowest BCUT2D eigenvalue weighted by Crippen LogP contribution is -2.19. The van der Waals surface area contributed by atoms with Gasteiger partial charge in [0, 0.05) is 30.6 Å². The van der Waals surface area contributed by atoms with Gasteiger partial charge in [-0.25, -0.2) is 0 Å². The molecule has 0 saturated carbocycles. The van der Waals surface area contributed by atoms with E-state index in [1.807, 2.05) is 12.3 Å². The normalized spacial score (nSPS) is 19.5. The summed E-state index contributed by atoms with van der Waals surface area (Å²) >= 11 is 1.56. The number of H-pyrrole nitrogens is 1. The Bertz CT molecular complexity index is 1070. The van der Waals surface area contributed by atoms with Gasteiger partial charge in [-0.3, -0.25) is 4.79 Å². The largest absolute Gasteiger partial charge is 0.372 e. The van der Waals surface area contributed by atoms with Crippen molar-refractivity contribution in [3.8, 4) is 0 Å². The van der Waals surface area contributed by atoms with Crippen molar-refractivity contribution in [2.45, 2.75) is 32.2 Å². The molecule has 1 atom stereocenters. The van der Waals surface area contributed by atoms with Gasteiger partial charge in [0.05, 0.1) is 17.3 Å². The molecule has 0 amide bonds. The predicted molar refractivity (Wildman–Crippen MR) is 112 cm³/mol. The minimum absolute atomic E-state index is 0.0481. The highest BCUT2D eigenvalue weighted by Crippen LogP contribution is 2.29. The molecule has 138 valence electrons. The number of rotatable bonds is 3. The first kappa shape index (κ1) is 16.6. The van der Waals surface area contributed by atoms with Crippen LogP contribution >= 0.6 is 11.3 Å². The SMILES string of the molecule is Cc1c(C2=NNC(c3ccc(N4CCCC4)cc3)C2)c(=O)[nH]c2sccc12. The Hall–Kier alpha value is -2.60. The van der Waals surface area contributed by atoms with Crippen LogP contribution in [-0.4, -0.2) is 23.8 Å². The molecule has 0 radical (unpaired) electrons. The van der Waals surface area contributed by atoms with E-state index < -0.39 is 0 Å². The lowest BCUT2D eigenvalue weighted by Gasteiger charge is -2.18. The van der Waals surface area contributed by atoms with E-state index in [-0.39, 0.29) is 11.6 Å². The second-order valence-electron chi connectivity index (χ2n) is 7.35. The molecule has 2 N–H and O–H groups in total. The van der Waals surface area contributed by atoms with Crippen molar-refractivity contribution in [1.29, 1.82) is 0 Å². The van der Waals surface area contributed by atoms with Crippen LogP contribution in [0.5, 0.6) is 0 Å². The van der Waals surface area contributed by atoms with Crippen LogP contribution in [0.15, 0.2) is 45.6 Å². The van der Waals surface area contributed by atoms with Crippen molar-refractivity contribution in [3.05, 3.63) is 62.8 Å². The monoisotopic (exact) mass is 378 g/mol. The van der Waals surface area contributed by atoms with Crippen LogP contribution in [0.1, 0.15) is 42.0 Å². The van der Waals surface area contributed by atoms with Crippen LogP contribution in [0.25, 0.3) is 10.2 Å². The van der Waals surface area contributed by atoms with E-state index in [9.17, 15) is 4.79 Å². The molecule has 2 aromatic heterocycles. The third kappa shape index (κ3) is 2.84. The summed E-state index contributed by atoms with van der Waals surface area (Å²) in [5.41, 5.74) is 8.26. The number of hydrazone groups is 1. The average Bonchev–Trinajstić information content (AvgIpc) is 3.43. The molecular formula is C21H22N4OS. The minimum atomic E-state index is -0.0481. The van der Waals surface area contributed by atoms with E-state index in [4.69, 9.17) is 0 Å². The third-order valence-electron chi connectivity index (χ3n) is 5.71. The molecular weight excluding hydrogens is 356 g/mol. The smallest absolute Gasteiger partial charge is 0.258 e. The first-order valence-corrected chi connectivity index (χ1v) is 10.4. The number of fused-ring (bicyclic) bond motifs is 1. The topological polar surface area (TPSA) is 60.5 Å². The first-order valence-electron chi connectivity index (χ1n) is 9.48. The molecule has 2 aliphatic rings. The Kier molecular flexibility index (Phi) is 4.01. The van der Waals surface area contributed by atoms with Gasteiger partial charge in [-0.2, -0.15) is 5.10 Å². The maximum atomic E-state index is 12.6. The Balaban J connectivity index is 1.39. The number of aromatic amines is 1. The maximum Gasteiger partial charge on any atom is 0.258 e. The molecule has 1 unspecified atom stereocenters. The van der Waals surface area contributed by atoms with Crippen LogP contribution in [-0.2, 0) is 0 Å². The van der Waals surface area contributed by atoms with Gasteiger partial charge in [0.25, 0.3) is 5.56 Å². The zero-order chi connectivity index (χ0) is 18.4. The molecule has 4 heterocycles. The van der Waals surface area contributed by atoms with Crippen LogP contribution < -0.4 is 15.9 Å². The number of thiophene rings is 1. The third-order valence-corrected chi connectivity index (χ3v) is 6.54. The van der Waals surface area contributed by atoms with Crippen LogP contribution in [0.2, 0.25) is 0 Å². The number of anilines is 1. The summed E-state index contributed by atoms with van der Waals surface area (Å²) < 4.78 is 0. The van der Waals surface area contributed by atoms with Gasteiger partial charge < -0.3 is 15.3 Å². The number of aryl methyl sites for hydroxylation is 1. The van der Waals surface area contributed by atoms with Crippen molar-refractivity contribution in [3.63, 3.8) is 0 Å². The van der Waals surface area contributed by atoms with Crippen LogP contribution in [0.4, 0.5) is 5.69 Å². The fraction of sp³-hybridized carbons (Fsp3) is 0.333. The summed E-state index contributed by atoms with van der Waals surface area (Å²) in [5.74, 6) is 0. The molecule has 6 heteroatoms. The fourth-order valence-electron chi connectivity index (χ4n) is 4.20. The van der Waals surface area contributed by atoms with Gasteiger partial charge in [0.2, 0.25) is 0 Å². The summed E-state index contributed by atoms with van der Waals surface area (Å²) in [4.78, 5) is 19.0. The molecule has 1 aromatic carbocycles. The molecule has 2 aliphatic heterocycles. The van der Waals surface area contributed by atoms with Crippen molar-refractivity contribution in [2.24, 2.45) is 5.10 Å². The maximum absolute atomic E-state index is 12.6. The molecule has 5 rings (SSSR count). The zero-order valence-electron chi connectivity index (χ0n) is 15.3. The average molecular weight is 379 g/mol. The van der Waals surface area contributed by atoms with Crippen molar-refractivity contribution in [2.75, 3.05) is 18.0 Å². The second kappa shape index (κ2) is 6.53. The number of benzene rings is 1. The number of nitrogens with zero attached hydrogens (tertiary/aromatic N) is 2. The summed E-state index contributed by atoms with van der Waals surface area (Å²) in [6, 6.07) is 11.0. The zero-order valence-corrected chi connectivity index (χ0v) is 16.1. The van der Waals surface area contributed by atoms with Gasteiger partial charge in [0.15, 0.2) is 0 Å². The van der Waals surface area contributed by atoms with E-state index in [1.165, 1.54) is 24.1 Å². The Labute approximate surface area is 161 Å². The van der Waals surface area contributed by atoms with Gasteiger partial charge in [-0.1, -0.05) is 12.1 Å². The van der Waals surface area contributed by atoms with E-state index in [1.54, 1.807) is 11.3 Å². The highest BCUT2D eigenvalue weighted by Gasteiger charge is 2.25. The lowest BCUT2D eigenvalue weighted by molar-refractivity contribution is 0.620. The quantitative estimate of drug-likeness (QED) is 0.726. The summed E-state index contributed by atoms with van der Waals surface area (Å²) in [6.07, 6.45) is 3.29. The molecule has 0 spiro atoms. The Morgan fingerprint density at radius 1 is 1.15 bits per heavy atom. The highest BCUT2D eigenvalue weighted by atomic mass is 32.1. The molecule has 0 bridgehead atoms. The van der Waals surface area contributed by atoms with E-state index in [0.29, 0.717) is 5.56 Å². The molecule has 5 nitrogen and oxygen atoms in total. The molecule has 1 saturated heterocycles.